The highest BCUT2D eigenvalue weighted by atomic mass is 32.2. The second kappa shape index (κ2) is 7.25. The number of benzene rings is 2. The fourth-order valence-electron chi connectivity index (χ4n) is 2.23. The molecule has 0 bridgehead atoms. The standard InChI is InChI=1S/C18H23N3O3S/c1-18(2,3)21-25(23,24)16-6-4-5-15(12-16)20-17(22)11-13-7-9-14(19)10-8-13/h4-10,12,21H,11,19H2,1-3H3,(H,20,22). The molecule has 0 aromatic heterocycles. The summed E-state index contributed by atoms with van der Waals surface area (Å²) in [7, 11) is -3.66. The molecule has 0 atom stereocenters. The lowest BCUT2D eigenvalue weighted by molar-refractivity contribution is -0.115. The predicted molar refractivity (Wildman–Crippen MR) is 99.7 cm³/mol. The summed E-state index contributed by atoms with van der Waals surface area (Å²) >= 11 is 0. The van der Waals surface area contributed by atoms with E-state index in [1.807, 2.05) is 0 Å². The number of nitrogens with two attached hydrogens (primary N) is 1. The number of rotatable bonds is 5. The molecule has 0 saturated heterocycles. The van der Waals surface area contributed by atoms with Gasteiger partial charge in [0.25, 0.3) is 0 Å². The first-order valence-electron chi connectivity index (χ1n) is 7.83. The fourth-order valence-corrected chi connectivity index (χ4v) is 3.69. The van der Waals surface area contributed by atoms with Crippen LogP contribution >= 0.6 is 0 Å². The Labute approximate surface area is 148 Å². The molecule has 2 aromatic rings. The van der Waals surface area contributed by atoms with Crippen molar-refractivity contribution in [3.05, 3.63) is 54.1 Å². The number of hydrogen-bond donors (Lipinski definition) is 3. The van der Waals surface area contributed by atoms with Crippen LogP contribution in [0.4, 0.5) is 11.4 Å². The SMILES string of the molecule is CC(C)(C)NS(=O)(=O)c1cccc(NC(=O)Cc2ccc(N)cc2)c1. The summed E-state index contributed by atoms with van der Waals surface area (Å²) in [6.07, 6.45) is 0.178. The largest absolute Gasteiger partial charge is 0.399 e. The third kappa shape index (κ3) is 5.88. The molecule has 0 radical (unpaired) electrons. The van der Waals surface area contributed by atoms with Crippen molar-refractivity contribution < 1.29 is 13.2 Å². The Kier molecular flexibility index (Phi) is 5.49. The van der Waals surface area contributed by atoms with Gasteiger partial charge in [-0.25, -0.2) is 13.1 Å². The van der Waals surface area contributed by atoms with E-state index >= 15 is 0 Å². The first-order valence-corrected chi connectivity index (χ1v) is 9.32. The number of carbonyl (C=O) groups excluding carboxylic acids is 1. The molecule has 6 nitrogen and oxygen atoms in total. The minimum absolute atomic E-state index is 0.104. The Balaban J connectivity index is 2.11. The third-order valence-electron chi connectivity index (χ3n) is 3.21. The molecule has 0 saturated carbocycles. The van der Waals surface area contributed by atoms with Crippen molar-refractivity contribution in [2.45, 2.75) is 37.6 Å². The van der Waals surface area contributed by atoms with Crippen LogP contribution in [0.1, 0.15) is 26.3 Å². The van der Waals surface area contributed by atoms with Crippen LogP contribution in [0.3, 0.4) is 0 Å². The molecule has 0 unspecified atom stereocenters. The Morgan fingerprint density at radius 3 is 2.32 bits per heavy atom. The zero-order chi connectivity index (χ0) is 18.7. The van der Waals surface area contributed by atoms with Crippen molar-refractivity contribution in [3.63, 3.8) is 0 Å². The first-order chi connectivity index (χ1) is 11.5. The van der Waals surface area contributed by atoms with Gasteiger partial charge in [-0.2, -0.15) is 0 Å². The zero-order valence-corrected chi connectivity index (χ0v) is 15.4. The smallest absolute Gasteiger partial charge is 0.241 e. The Morgan fingerprint density at radius 1 is 1.08 bits per heavy atom. The molecule has 0 aliphatic heterocycles. The summed E-state index contributed by atoms with van der Waals surface area (Å²) in [5, 5.41) is 2.72. The first kappa shape index (κ1) is 19.0. The number of hydrogen-bond acceptors (Lipinski definition) is 4. The molecule has 0 heterocycles. The van der Waals surface area contributed by atoms with E-state index in [4.69, 9.17) is 5.73 Å². The van der Waals surface area contributed by atoms with Gasteiger partial charge in [-0.3, -0.25) is 4.79 Å². The highest BCUT2D eigenvalue weighted by molar-refractivity contribution is 7.89. The van der Waals surface area contributed by atoms with E-state index < -0.39 is 15.6 Å². The molecule has 7 heteroatoms. The molecule has 1 amide bonds. The predicted octanol–water partition coefficient (Wildman–Crippen LogP) is 2.53. The van der Waals surface area contributed by atoms with E-state index in [0.29, 0.717) is 11.4 Å². The molecule has 25 heavy (non-hydrogen) atoms. The summed E-state index contributed by atoms with van der Waals surface area (Å²) in [6.45, 7) is 5.30. The van der Waals surface area contributed by atoms with E-state index in [0.717, 1.165) is 5.56 Å². The molecule has 0 aliphatic rings. The van der Waals surface area contributed by atoms with Gasteiger partial charge in [-0.1, -0.05) is 18.2 Å². The summed E-state index contributed by atoms with van der Waals surface area (Å²) < 4.78 is 27.3. The van der Waals surface area contributed by atoms with Crippen LogP contribution in [0.25, 0.3) is 0 Å². The molecule has 0 fully saturated rings. The van der Waals surface area contributed by atoms with Crippen molar-refractivity contribution in [2.75, 3.05) is 11.1 Å². The number of nitrogen functional groups attached to an aromatic ring is 1. The number of amides is 1. The maximum atomic E-state index is 12.4. The minimum Gasteiger partial charge on any atom is -0.399 e. The van der Waals surface area contributed by atoms with E-state index in [1.54, 1.807) is 57.2 Å². The van der Waals surface area contributed by atoms with E-state index in [1.165, 1.54) is 12.1 Å². The number of anilines is 2. The lowest BCUT2D eigenvalue weighted by atomic mass is 10.1. The van der Waals surface area contributed by atoms with Gasteiger partial charge >= 0.3 is 0 Å². The van der Waals surface area contributed by atoms with Crippen LogP contribution in [0, 0.1) is 0 Å². The van der Waals surface area contributed by atoms with E-state index in [2.05, 4.69) is 10.0 Å². The Morgan fingerprint density at radius 2 is 1.72 bits per heavy atom. The van der Waals surface area contributed by atoms with Crippen molar-refractivity contribution in [2.24, 2.45) is 0 Å². The number of carbonyl (C=O) groups is 1. The van der Waals surface area contributed by atoms with Crippen LogP contribution in [0.2, 0.25) is 0 Å². The van der Waals surface area contributed by atoms with Crippen LogP contribution < -0.4 is 15.8 Å². The van der Waals surface area contributed by atoms with Crippen molar-refractivity contribution in [1.29, 1.82) is 0 Å². The zero-order valence-electron chi connectivity index (χ0n) is 14.5. The normalized spacial score (nSPS) is 12.0. The van der Waals surface area contributed by atoms with Gasteiger partial charge < -0.3 is 11.1 Å². The second-order valence-electron chi connectivity index (χ2n) is 6.85. The third-order valence-corrected chi connectivity index (χ3v) is 4.97. The lowest BCUT2D eigenvalue weighted by Gasteiger charge is -2.20. The van der Waals surface area contributed by atoms with Gasteiger partial charge in [-0.05, 0) is 56.7 Å². The maximum absolute atomic E-state index is 12.4. The number of sulfonamides is 1. The van der Waals surface area contributed by atoms with Gasteiger partial charge in [0.05, 0.1) is 11.3 Å². The minimum atomic E-state index is -3.66. The van der Waals surface area contributed by atoms with Gasteiger partial charge in [0, 0.05) is 16.9 Å². The lowest BCUT2D eigenvalue weighted by Crippen LogP contribution is -2.40. The van der Waals surface area contributed by atoms with Crippen molar-refractivity contribution in [1.82, 2.24) is 4.72 Å². The molecule has 0 aliphatic carbocycles. The second-order valence-corrected chi connectivity index (χ2v) is 8.53. The topological polar surface area (TPSA) is 101 Å². The summed E-state index contributed by atoms with van der Waals surface area (Å²) in [5.74, 6) is -0.233. The van der Waals surface area contributed by atoms with Gasteiger partial charge in [0.2, 0.25) is 15.9 Å². The maximum Gasteiger partial charge on any atom is 0.241 e. The Hall–Kier alpha value is -2.38. The molecule has 2 rings (SSSR count). The van der Waals surface area contributed by atoms with Crippen LogP contribution in [-0.4, -0.2) is 19.9 Å². The molecule has 2 aromatic carbocycles. The fraction of sp³-hybridized carbons (Fsp3) is 0.278. The summed E-state index contributed by atoms with van der Waals surface area (Å²) in [4.78, 5) is 12.3. The van der Waals surface area contributed by atoms with E-state index in [-0.39, 0.29) is 17.2 Å². The monoisotopic (exact) mass is 361 g/mol. The van der Waals surface area contributed by atoms with E-state index in [9.17, 15) is 13.2 Å². The van der Waals surface area contributed by atoms with Crippen LogP contribution in [0.15, 0.2) is 53.4 Å². The van der Waals surface area contributed by atoms with Crippen molar-refractivity contribution >= 4 is 27.3 Å². The van der Waals surface area contributed by atoms with Gasteiger partial charge in [-0.15, -0.1) is 0 Å². The summed E-state index contributed by atoms with van der Waals surface area (Å²) in [6, 6.07) is 13.2. The van der Waals surface area contributed by atoms with Crippen LogP contribution in [-0.2, 0) is 21.2 Å². The molecular formula is C18H23N3O3S. The molecule has 0 spiro atoms. The quantitative estimate of drug-likeness (QED) is 0.712. The van der Waals surface area contributed by atoms with Crippen molar-refractivity contribution in [3.8, 4) is 0 Å². The van der Waals surface area contributed by atoms with Crippen LogP contribution in [0.5, 0.6) is 0 Å². The highest BCUT2D eigenvalue weighted by Crippen LogP contribution is 2.18. The molecule has 134 valence electrons. The summed E-state index contributed by atoms with van der Waals surface area (Å²) in [5.41, 5.74) is 6.91. The average molecular weight is 361 g/mol. The average Bonchev–Trinajstić information content (AvgIpc) is 2.47. The number of nitrogens with one attached hydrogen (secondary N) is 2. The van der Waals surface area contributed by atoms with Gasteiger partial charge in [0.15, 0.2) is 0 Å². The van der Waals surface area contributed by atoms with Gasteiger partial charge in [0.1, 0.15) is 0 Å². The Bertz CT molecular complexity index is 854. The molecule has 4 N–H and O–H groups in total. The highest BCUT2D eigenvalue weighted by Gasteiger charge is 2.22. The molecular weight excluding hydrogens is 338 g/mol.